The fourth-order valence-electron chi connectivity index (χ4n) is 2.56. The number of hydrogen-bond acceptors (Lipinski definition) is 4. The van der Waals surface area contributed by atoms with Gasteiger partial charge in [0.15, 0.2) is 11.5 Å². The molecule has 0 radical (unpaired) electrons. The van der Waals surface area contributed by atoms with E-state index in [9.17, 15) is 4.79 Å². The molecule has 0 aliphatic heterocycles. The normalized spacial score (nSPS) is 20.6. The minimum atomic E-state index is 0. The third-order valence-electron chi connectivity index (χ3n) is 3.79. The molecular weight excluding hydrogens is 304 g/mol. The van der Waals surface area contributed by atoms with Crippen LogP contribution in [0.4, 0.5) is 0 Å². The molecule has 0 bridgehead atoms. The molecule has 3 N–H and O–H groups in total. The van der Waals surface area contributed by atoms with E-state index < -0.39 is 0 Å². The van der Waals surface area contributed by atoms with E-state index in [-0.39, 0.29) is 24.4 Å². The van der Waals surface area contributed by atoms with Crippen molar-refractivity contribution >= 4 is 18.3 Å². The smallest absolute Gasteiger partial charge is 0.223 e. The van der Waals surface area contributed by atoms with Crippen molar-refractivity contribution in [2.45, 2.75) is 44.2 Å². The highest BCUT2D eigenvalue weighted by atomic mass is 35.5. The van der Waals surface area contributed by atoms with E-state index in [0.29, 0.717) is 30.6 Å². The monoisotopic (exact) mass is 328 g/mol. The number of carbonyl (C=O) groups is 1. The number of nitrogens with one attached hydrogen (secondary N) is 1. The van der Waals surface area contributed by atoms with Crippen molar-refractivity contribution < 1.29 is 14.3 Å². The van der Waals surface area contributed by atoms with Crippen LogP contribution in [0.15, 0.2) is 24.3 Å². The summed E-state index contributed by atoms with van der Waals surface area (Å²) in [6, 6.07) is 7.99. The van der Waals surface area contributed by atoms with Gasteiger partial charge in [-0.25, -0.2) is 0 Å². The van der Waals surface area contributed by atoms with Crippen molar-refractivity contribution in [2.75, 3.05) is 13.7 Å². The number of hydrogen-bond donors (Lipinski definition) is 2. The Morgan fingerprint density at radius 2 is 1.86 bits per heavy atom. The van der Waals surface area contributed by atoms with Crippen LogP contribution in [0.25, 0.3) is 0 Å². The van der Waals surface area contributed by atoms with Gasteiger partial charge in [-0.3, -0.25) is 4.79 Å². The molecule has 0 heterocycles. The minimum absolute atomic E-state index is 0. The standard InChI is InChI=1S/C16H24N2O3.ClH/c1-20-14-4-2-3-5-15(14)21-11-10-16(19)18-13-8-6-12(17)7-9-13;/h2-5,12-13H,6-11,17H2,1H3,(H,18,19);1H. The van der Waals surface area contributed by atoms with Crippen LogP contribution in [0.1, 0.15) is 32.1 Å². The lowest BCUT2D eigenvalue weighted by Crippen LogP contribution is -2.40. The van der Waals surface area contributed by atoms with Gasteiger partial charge in [0.25, 0.3) is 0 Å². The quantitative estimate of drug-likeness (QED) is 0.840. The third-order valence-corrected chi connectivity index (χ3v) is 3.79. The topological polar surface area (TPSA) is 73.6 Å². The first-order valence-corrected chi connectivity index (χ1v) is 7.50. The fraction of sp³-hybridized carbons (Fsp3) is 0.562. The van der Waals surface area contributed by atoms with E-state index in [2.05, 4.69) is 5.32 Å². The molecule has 22 heavy (non-hydrogen) atoms. The van der Waals surface area contributed by atoms with E-state index >= 15 is 0 Å². The molecule has 124 valence electrons. The van der Waals surface area contributed by atoms with Crippen LogP contribution in [0.5, 0.6) is 11.5 Å². The Morgan fingerprint density at radius 3 is 2.50 bits per heavy atom. The van der Waals surface area contributed by atoms with Crippen LogP contribution < -0.4 is 20.5 Å². The van der Waals surface area contributed by atoms with Crippen LogP contribution in [-0.2, 0) is 4.79 Å². The largest absolute Gasteiger partial charge is 0.493 e. The summed E-state index contributed by atoms with van der Waals surface area (Å²) in [6.45, 7) is 0.346. The molecule has 0 saturated heterocycles. The van der Waals surface area contributed by atoms with Crippen molar-refractivity contribution in [2.24, 2.45) is 5.73 Å². The second kappa shape index (κ2) is 9.54. The van der Waals surface area contributed by atoms with E-state index in [0.717, 1.165) is 25.7 Å². The van der Waals surface area contributed by atoms with Crippen LogP contribution in [0, 0.1) is 0 Å². The summed E-state index contributed by atoms with van der Waals surface area (Å²) in [5.41, 5.74) is 5.86. The SMILES string of the molecule is COc1ccccc1OCCC(=O)NC1CCC(N)CC1.Cl. The van der Waals surface area contributed by atoms with Gasteiger partial charge in [-0.15, -0.1) is 12.4 Å². The van der Waals surface area contributed by atoms with E-state index in [1.54, 1.807) is 7.11 Å². The summed E-state index contributed by atoms with van der Waals surface area (Å²) >= 11 is 0. The number of halogens is 1. The Hall–Kier alpha value is -1.46. The van der Waals surface area contributed by atoms with Crippen LogP contribution in [0.2, 0.25) is 0 Å². The molecule has 1 aliphatic rings. The molecular formula is C16H25ClN2O3. The number of benzene rings is 1. The van der Waals surface area contributed by atoms with E-state index in [4.69, 9.17) is 15.2 Å². The highest BCUT2D eigenvalue weighted by Crippen LogP contribution is 2.25. The Balaban J connectivity index is 0.00000242. The zero-order valence-corrected chi connectivity index (χ0v) is 13.7. The van der Waals surface area contributed by atoms with Gasteiger partial charge in [0, 0.05) is 12.1 Å². The third kappa shape index (κ3) is 5.73. The molecule has 1 aromatic rings. The molecule has 5 nitrogen and oxygen atoms in total. The zero-order chi connectivity index (χ0) is 15.1. The number of methoxy groups -OCH3 is 1. The maximum atomic E-state index is 11.9. The molecule has 0 unspecified atom stereocenters. The van der Waals surface area contributed by atoms with Gasteiger partial charge in [0.05, 0.1) is 20.1 Å². The minimum Gasteiger partial charge on any atom is -0.493 e. The molecule has 2 rings (SSSR count). The molecule has 6 heteroatoms. The van der Waals surface area contributed by atoms with Crippen molar-refractivity contribution in [1.82, 2.24) is 5.32 Å². The van der Waals surface area contributed by atoms with Gasteiger partial charge in [-0.05, 0) is 37.8 Å². The number of para-hydroxylation sites is 2. The number of carbonyl (C=O) groups excluding carboxylic acids is 1. The molecule has 0 aromatic heterocycles. The second-order valence-electron chi connectivity index (χ2n) is 5.43. The summed E-state index contributed by atoms with van der Waals surface area (Å²) in [6.07, 6.45) is 4.27. The van der Waals surface area contributed by atoms with Gasteiger partial charge in [-0.2, -0.15) is 0 Å². The lowest BCUT2D eigenvalue weighted by Gasteiger charge is -2.26. The summed E-state index contributed by atoms with van der Waals surface area (Å²) in [4.78, 5) is 11.9. The maximum absolute atomic E-state index is 11.9. The molecule has 1 amide bonds. The molecule has 0 spiro atoms. The molecule has 1 aliphatic carbocycles. The van der Waals surface area contributed by atoms with Gasteiger partial charge in [-0.1, -0.05) is 12.1 Å². The number of ether oxygens (including phenoxy) is 2. The van der Waals surface area contributed by atoms with Gasteiger partial charge in [0.1, 0.15) is 0 Å². The first-order chi connectivity index (χ1) is 10.2. The van der Waals surface area contributed by atoms with Gasteiger partial charge in [0.2, 0.25) is 5.91 Å². The predicted octanol–water partition coefficient (Wildman–Crippen LogP) is 2.27. The molecule has 1 aromatic carbocycles. The Kier molecular flexibility index (Phi) is 8.06. The number of nitrogens with two attached hydrogens (primary N) is 1. The first-order valence-electron chi connectivity index (χ1n) is 7.50. The van der Waals surface area contributed by atoms with Gasteiger partial charge >= 0.3 is 0 Å². The van der Waals surface area contributed by atoms with Crippen LogP contribution in [-0.4, -0.2) is 31.7 Å². The summed E-state index contributed by atoms with van der Waals surface area (Å²) < 4.78 is 10.8. The van der Waals surface area contributed by atoms with Crippen molar-refractivity contribution in [3.8, 4) is 11.5 Å². The molecule has 1 saturated carbocycles. The second-order valence-corrected chi connectivity index (χ2v) is 5.43. The first kappa shape index (κ1) is 18.6. The average Bonchev–Trinajstić information content (AvgIpc) is 2.50. The molecule has 1 fully saturated rings. The lowest BCUT2D eigenvalue weighted by atomic mass is 9.92. The van der Waals surface area contributed by atoms with Crippen LogP contribution in [0.3, 0.4) is 0 Å². The Labute approximate surface area is 138 Å². The Morgan fingerprint density at radius 1 is 1.23 bits per heavy atom. The summed E-state index contributed by atoms with van der Waals surface area (Å²) in [5, 5.41) is 3.05. The van der Waals surface area contributed by atoms with Crippen molar-refractivity contribution in [1.29, 1.82) is 0 Å². The predicted molar refractivity (Wildman–Crippen MR) is 88.7 cm³/mol. The van der Waals surface area contributed by atoms with Gasteiger partial charge < -0.3 is 20.5 Å². The average molecular weight is 329 g/mol. The molecule has 0 atom stereocenters. The summed E-state index contributed by atoms with van der Waals surface area (Å²) in [5.74, 6) is 1.38. The Bertz CT molecular complexity index is 462. The highest BCUT2D eigenvalue weighted by Gasteiger charge is 2.19. The maximum Gasteiger partial charge on any atom is 0.223 e. The summed E-state index contributed by atoms with van der Waals surface area (Å²) in [7, 11) is 1.60. The fourth-order valence-corrected chi connectivity index (χ4v) is 2.56. The van der Waals surface area contributed by atoms with Crippen molar-refractivity contribution in [3.63, 3.8) is 0 Å². The van der Waals surface area contributed by atoms with E-state index in [1.807, 2.05) is 24.3 Å². The number of amides is 1. The van der Waals surface area contributed by atoms with Crippen LogP contribution >= 0.6 is 12.4 Å². The highest BCUT2D eigenvalue weighted by molar-refractivity contribution is 5.85. The lowest BCUT2D eigenvalue weighted by molar-refractivity contribution is -0.122. The zero-order valence-electron chi connectivity index (χ0n) is 12.9. The van der Waals surface area contributed by atoms with E-state index in [1.165, 1.54) is 0 Å². The van der Waals surface area contributed by atoms with Crippen molar-refractivity contribution in [3.05, 3.63) is 24.3 Å². The number of rotatable bonds is 6.